The van der Waals surface area contributed by atoms with Crippen molar-refractivity contribution < 1.29 is 4.92 Å². The van der Waals surface area contributed by atoms with Gasteiger partial charge in [-0.05, 0) is 90.8 Å². The maximum Gasteiger partial charge on any atom is 0.271 e. The number of fused-ring (bicyclic) bond motifs is 1. The van der Waals surface area contributed by atoms with Crippen LogP contribution >= 0.6 is 0 Å². The zero-order valence-electron chi connectivity index (χ0n) is 29.1. The number of allylic oxidation sites excluding steroid dienone is 8. The van der Waals surface area contributed by atoms with E-state index >= 15 is 0 Å². The third-order valence-corrected chi connectivity index (χ3v) is 9.14. The summed E-state index contributed by atoms with van der Waals surface area (Å²) in [7, 11) is 1.90. The summed E-state index contributed by atoms with van der Waals surface area (Å²) in [5.41, 5.74) is 9.86. The molecular weight excluding hydrogens is 601 g/mol. The van der Waals surface area contributed by atoms with Gasteiger partial charge in [-0.25, -0.2) is 0 Å². The van der Waals surface area contributed by atoms with E-state index in [-0.39, 0.29) is 10.6 Å². The number of aryl methyl sites for hydroxylation is 2. The maximum atomic E-state index is 10.9. The van der Waals surface area contributed by atoms with Crippen molar-refractivity contribution >= 4 is 27.8 Å². The van der Waals surface area contributed by atoms with E-state index in [9.17, 15) is 10.1 Å². The van der Waals surface area contributed by atoms with Crippen LogP contribution in [0.4, 0.5) is 17.1 Å². The highest BCUT2D eigenvalue weighted by Gasteiger charge is 2.14. The summed E-state index contributed by atoms with van der Waals surface area (Å²) >= 11 is 0. The van der Waals surface area contributed by atoms with Crippen molar-refractivity contribution in [3.8, 4) is 11.1 Å². The lowest BCUT2D eigenvalue weighted by Crippen LogP contribution is -2.09. The molecule has 1 unspecified atom stereocenters. The number of benzene rings is 5. The molecular formula is C45H46N2O2. The Labute approximate surface area is 291 Å². The van der Waals surface area contributed by atoms with E-state index in [1.165, 1.54) is 64.8 Å². The highest BCUT2D eigenvalue weighted by molar-refractivity contribution is 5.85. The lowest BCUT2D eigenvalue weighted by atomic mass is 9.85. The lowest BCUT2D eigenvalue weighted by molar-refractivity contribution is -0.384. The molecule has 0 fully saturated rings. The van der Waals surface area contributed by atoms with Gasteiger partial charge in [0.15, 0.2) is 0 Å². The highest BCUT2D eigenvalue weighted by Crippen LogP contribution is 2.31. The van der Waals surface area contributed by atoms with E-state index in [2.05, 4.69) is 136 Å². The monoisotopic (exact) mass is 646 g/mol. The predicted octanol–water partition coefficient (Wildman–Crippen LogP) is 12.7. The molecule has 2 aliphatic rings. The topological polar surface area (TPSA) is 46.4 Å². The number of nitrogens with zero attached hydrogens (tertiary/aromatic N) is 2. The van der Waals surface area contributed by atoms with E-state index < -0.39 is 0 Å². The third-order valence-electron chi connectivity index (χ3n) is 9.14. The molecule has 0 aromatic heterocycles. The van der Waals surface area contributed by atoms with Crippen LogP contribution in [0.15, 0.2) is 163 Å². The smallest absolute Gasteiger partial charge is 0.271 e. The van der Waals surface area contributed by atoms with Crippen molar-refractivity contribution in [2.75, 3.05) is 11.9 Å². The first kappa shape index (κ1) is 34.8. The van der Waals surface area contributed by atoms with Gasteiger partial charge in [0, 0.05) is 36.5 Å². The fraction of sp³-hybridized carbons (Fsp3) is 0.200. The molecule has 0 aliphatic heterocycles. The van der Waals surface area contributed by atoms with Gasteiger partial charge in [-0.1, -0.05) is 139 Å². The summed E-state index contributed by atoms with van der Waals surface area (Å²) in [4.78, 5) is 12.5. The van der Waals surface area contributed by atoms with Crippen molar-refractivity contribution in [1.82, 2.24) is 0 Å². The van der Waals surface area contributed by atoms with Crippen LogP contribution in [-0.4, -0.2) is 12.0 Å². The molecule has 0 spiro atoms. The maximum absolute atomic E-state index is 10.9. The molecule has 4 heteroatoms. The minimum Gasteiger partial charge on any atom is -0.344 e. The van der Waals surface area contributed by atoms with E-state index in [0.717, 1.165) is 16.9 Å². The molecule has 0 bridgehead atoms. The van der Waals surface area contributed by atoms with Crippen molar-refractivity contribution in [2.45, 2.75) is 46.5 Å². The van der Waals surface area contributed by atoms with Gasteiger partial charge in [0.05, 0.1) is 4.92 Å². The molecule has 0 heterocycles. The van der Waals surface area contributed by atoms with Crippen LogP contribution in [0.2, 0.25) is 0 Å². The van der Waals surface area contributed by atoms with Gasteiger partial charge < -0.3 is 4.90 Å². The summed E-state index contributed by atoms with van der Waals surface area (Å²) < 4.78 is 0. The summed E-state index contributed by atoms with van der Waals surface area (Å²) in [6, 6.07) is 38.0. The number of non-ortho nitro benzene ring substituents is 1. The molecule has 7 rings (SSSR count). The van der Waals surface area contributed by atoms with Gasteiger partial charge in [-0.2, -0.15) is 0 Å². The molecule has 5 aromatic carbocycles. The Balaban J connectivity index is 0.000000158. The number of nitro benzene ring substituents is 1. The normalized spacial score (nSPS) is 14.8. The third kappa shape index (κ3) is 9.55. The van der Waals surface area contributed by atoms with Crippen LogP contribution in [0.5, 0.6) is 0 Å². The Morgan fingerprint density at radius 2 is 1.49 bits per heavy atom. The van der Waals surface area contributed by atoms with Crippen LogP contribution in [0.25, 0.3) is 21.9 Å². The Hall–Kier alpha value is -5.48. The molecule has 0 saturated carbocycles. The molecule has 248 valence electrons. The first-order chi connectivity index (χ1) is 23.8. The Morgan fingerprint density at radius 3 is 2.16 bits per heavy atom. The SMILES string of the molecule is CCC1=CC=CC(C2=CCCC=C2)C1.Cc1ccc(-c2ccc(N(C)c3cccc([N+](=O)[O-])c3)cc2)cc1.Cc1cccc2ccccc12. The first-order valence-corrected chi connectivity index (χ1v) is 17.1. The second kappa shape index (κ2) is 17.1. The minimum absolute atomic E-state index is 0.0932. The van der Waals surface area contributed by atoms with Crippen LogP contribution in [0, 0.1) is 29.9 Å². The average molecular weight is 647 g/mol. The number of rotatable bonds is 6. The summed E-state index contributed by atoms with van der Waals surface area (Å²) in [5.74, 6) is 0.645. The largest absolute Gasteiger partial charge is 0.344 e. The van der Waals surface area contributed by atoms with Crippen LogP contribution < -0.4 is 4.90 Å². The fourth-order valence-corrected chi connectivity index (χ4v) is 6.12. The van der Waals surface area contributed by atoms with Gasteiger partial charge in [0.2, 0.25) is 0 Å². The molecule has 4 nitrogen and oxygen atoms in total. The zero-order valence-corrected chi connectivity index (χ0v) is 29.1. The predicted molar refractivity (Wildman–Crippen MR) is 209 cm³/mol. The second-order valence-electron chi connectivity index (χ2n) is 12.6. The van der Waals surface area contributed by atoms with Crippen molar-refractivity contribution in [1.29, 1.82) is 0 Å². The molecule has 0 N–H and O–H groups in total. The molecule has 5 aromatic rings. The van der Waals surface area contributed by atoms with Gasteiger partial charge in [-0.3, -0.25) is 10.1 Å². The molecule has 0 saturated heterocycles. The van der Waals surface area contributed by atoms with Crippen LogP contribution in [-0.2, 0) is 0 Å². The highest BCUT2D eigenvalue weighted by atomic mass is 16.6. The fourth-order valence-electron chi connectivity index (χ4n) is 6.12. The van der Waals surface area contributed by atoms with Crippen molar-refractivity contribution in [3.05, 3.63) is 184 Å². The number of hydrogen-bond acceptors (Lipinski definition) is 3. The molecule has 49 heavy (non-hydrogen) atoms. The molecule has 0 amide bonds. The van der Waals surface area contributed by atoms with Crippen LogP contribution in [0.1, 0.15) is 43.7 Å². The van der Waals surface area contributed by atoms with Crippen molar-refractivity contribution in [2.24, 2.45) is 5.92 Å². The molecule has 1 atom stereocenters. The van der Waals surface area contributed by atoms with Crippen molar-refractivity contribution in [3.63, 3.8) is 0 Å². The average Bonchev–Trinajstić information content (AvgIpc) is 3.16. The zero-order chi connectivity index (χ0) is 34.6. The Bertz CT molecular complexity index is 1980. The Morgan fingerprint density at radius 1 is 0.796 bits per heavy atom. The first-order valence-electron chi connectivity index (χ1n) is 17.1. The number of nitro groups is 1. The standard InChI is InChI=1S/C20H18N2O2.C14H18.C11H10/c1-15-6-8-16(9-7-15)17-10-12-18(13-11-17)21(2)19-4-3-5-20(14-19)22(23)24;1-2-12-7-6-10-14(11-12)13-8-4-3-5-9-13;1-9-5-4-7-10-6-2-3-8-11(9)10/h3-14H,1-2H3;4,6-10,14H,2-3,5,11H2,1H3;2-8H,1H3. The van der Waals surface area contributed by atoms with Gasteiger partial charge >= 0.3 is 0 Å². The second-order valence-corrected chi connectivity index (χ2v) is 12.6. The van der Waals surface area contributed by atoms with E-state index in [4.69, 9.17) is 0 Å². The summed E-state index contributed by atoms with van der Waals surface area (Å²) in [6.45, 7) is 6.45. The molecule has 2 aliphatic carbocycles. The minimum atomic E-state index is -0.377. The Kier molecular flexibility index (Phi) is 12.1. The van der Waals surface area contributed by atoms with Gasteiger partial charge in [-0.15, -0.1) is 0 Å². The molecule has 0 radical (unpaired) electrons. The summed E-state index contributed by atoms with van der Waals surface area (Å²) in [5, 5.41) is 13.6. The lowest BCUT2D eigenvalue weighted by Gasteiger charge is -2.20. The summed E-state index contributed by atoms with van der Waals surface area (Å²) in [6.07, 6.45) is 18.7. The van der Waals surface area contributed by atoms with Crippen LogP contribution in [0.3, 0.4) is 0 Å². The van der Waals surface area contributed by atoms with Gasteiger partial charge in [0.25, 0.3) is 5.69 Å². The van der Waals surface area contributed by atoms with E-state index in [1.54, 1.807) is 17.7 Å². The van der Waals surface area contributed by atoms with E-state index in [1.807, 2.05) is 30.1 Å². The number of hydrogen-bond donors (Lipinski definition) is 0. The van der Waals surface area contributed by atoms with E-state index in [0.29, 0.717) is 5.92 Å². The quantitative estimate of drug-likeness (QED) is 0.136. The number of anilines is 2. The van der Waals surface area contributed by atoms with Gasteiger partial charge in [0.1, 0.15) is 0 Å².